The maximum atomic E-state index is 9.76. The average molecular weight is 375 g/mol. The van der Waals surface area contributed by atoms with Gasteiger partial charge in [0.15, 0.2) is 17.3 Å². The van der Waals surface area contributed by atoms with Gasteiger partial charge in [-0.3, -0.25) is 0 Å². The second-order valence-corrected chi connectivity index (χ2v) is 5.84. The first-order chi connectivity index (χ1) is 12.1. The fourth-order valence-corrected chi connectivity index (χ4v) is 2.62. The van der Waals surface area contributed by atoms with E-state index in [9.17, 15) is 5.11 Å². The van der Waals surface area contributed by atoms with Crippen molar-refractivity contribution in [3.8, 4) is 22.9 Å². The van der Waals surface area contributed by atoms with Crippen molar-refractivity contribution in [2.75, 3.05) is 6.61 Å². The minimum absolute atomic E-state index is 0.0793. The summed E-state index contributed by atoms with van der Waals surface area (Å²) < 4.78 is 7.20. The molecule has 0 fully saturated rings. The number of phenols is 1. The highest BCUT2D eigenvalue weighted by Gasteiger charge is 2.11. The Hall–Kier alpha value is -2.64. The molecule has 0 unspecified atom stereocenters. The molecule has 0 aliphatic rings. The molecule has 0 amide bonds. The predicted octanol–water partition coefficient (Wildman–Crippen LogP) is 4.25. The van der Waals surface area contributed by atoms with Crippen LogP contribution in [0.2, 0.25) is 5.02 Å². The number of ether oxygens (including phenoxy) is 1. The van der Waals surface area contributed by atoms with Crippen molar-refractivity contribution < 1.29 is 9.84 Å². The van der Waals surface area contributed by atoms with Gasteiger partial charge in [-0.2, -0.15) is 14.9 Å². The van der Waals surface area contributed by atoms with Crippen LogP contribution in [0.1, 0.15) is 12.5 Å². The van der Waals surface area contributed by atoms with Gasteiger partial charge in [-0.1, -0.05) is 23.7 Å². The van der Waals surface area contributed by atoms with E-state index in [4.69, 9.17) is 28.6 Å². The number of rotatable bonds is 5. The Kier molecular flexibility index (Phi) is 5.16. The summed E-state index contributed by atoms with van der Waals surface area (Å²) in [5.74, 6) is 0.986. The molecule has 3 aromatic rings. The topological polar surface area (TPSA) is 75.4 Å². The third-order valence-corrected chi connectivity index (χ3v) is 3.96. The quantitative estimate of drug-likeness (QED) is 0.517. The molecule has 128 valence electrons. The number of nitrogens with zero attached hydrogens (tertiary/aromatic N) is 3. The van der Waals surface area contributed by atoms with Gasteiger partial charge in [-0.25, -0.2) is 5.10 Å². The smallest absolute Gasteiger partial charge is 0.216 e. The van der Waals surface area contributed by atoms with Gasteiger partial charge in [0, 0.05) is 5.56 Å². The van der Waals surface area contributed by atoms with Gasteiger partial charge in [-0.15, -0.1) is 0 Å². The van der Waals surface area contributed by atoms with E-state index < -0.39 is 0 Å². The molecule has 1 heterocycles. The summed E-state index contributed by atoms with van der Waals surface area (Å²) in [6, 6.07) is 12.3. The average Bonchev–Trinajstić information content (AvgIpc) is 2.97. The summed E-state index contributed by atoms with van der Waals surface area (Å²) in [6.07, 6.45) is 1.60. The van der Waals surface area contributed by atoms with Gasteiger partial charge in [0.25, 0.3) is 0 Å². The third kappa shape index (κ3) is 3.72. The number of aromatic amines is 1. The molecular formula is C17H15ClN4O2S. The van der Waals surface area contributed by atoms with Gasteiger partial charge in [0.1, 0.15) is 0 Å². The lowest BCUT2D eigenvalue weighted by molar-refractivity contribution is 0.318. The van der Waals surface area contributed by atoms with Crippen molar-refractivity contribution >= 4 is 30.0 Å². The van der Waals surface area contributed by atoms with E-state index in [1.807, 2.05) is 25.1 Å². The lowest BCUT2D eigenvalue weighted by Gasteiger charge is -2.06. The van der Waals surface area contributed by atoms with E-state index in [0.717, 1.165) is 11.1 Å². The number of nitrogens with one attached hydrogen (secondary N) is 1. The Morgan fingerprint density at radius 1 is 1.36 bits per heavy atom. The molecule has 0 radical (unpaired) electrons. The lowest BCUT2D eigenvalue weighted by atomic mass is 10.2. The van der Waals surface area contributed by atoms with E-state index >= 15 is 0 Å². The molecule has 0 atom stereocenters. The van der Waals surface area contributed by atoms with Gasteiger partial charge >= 0.3 is 0 Å². The standard InChI is InChI=1S/C17H15ClN4O2S/c1-2-24-15-9-11(7-8-14(15)23)10-19-22-16(20-21-17(22)25)12-5-3-4-6-13(12)18/h3-10,23H,2H2,1H3,(H,21,25)/b19-10+. The number of halogens is 1. The first kappa shape index (κ1) is 17.2. The Bertz CT molecular complexity index is 981. The molecule has 6 nitrogen and oxygen atoms in total. The minimum atomic E-state index is 0.0793. The van der Waals surface area contributed by atoms with Crippen molar-refractivity contribution in [2.24, 2.45) is 5.10 Å². The van der Waals surface area contributed by atoms with Gasteiger partial charge in [0.2, 0.25) is 4.77 Å². The van der Waals surface area contributed by atoms with Crippen molar-refractivity contribution in [1.29, 1.82) is 0 Å². The molecule has 0 aliphatic carbocycles. The molecule has 0 saturated heterocycles. The van der Waals surface area contributed by atoms with Crippen LogP contribution in [0.3, 0.4) is 0 Å². The zero-order valence-corrected chi connectivity index (χ0v) is 14.9. The number of hydrogen-bond acceptors (Lipinski definition) is 5. The van der Waals surface area contributed by atoms with E-state index in [2.05, 4.69) is 15.3 Å². The first-order valence-electron chi connectivity index (χ1n) is 7.52. The molecule has 2 N–H and O–H groups in total. The monoisotopic (exact) mass is 374 g/mol. The zero-order valence-electron chi connectivity index (χ0n) is 13.3. The highest BCUT2D eigenvalue weighted by atomic mass is 35.5. The van der Waals surface area contributed by atoms with Crippen LogP contribution in [0.15, 0.2) is 47.6 Å². The highest BCUT2D eigenvalue weighted by molar-refractivity contribution is 7.71. The Morgan fingerprint density at radius 2 is 2.16 bits per heavy atom. The van der Waals surface area contributed by atoms with Crippen LogP contribution in [0, 0.1) is 4.77 Å². The van der Waals surface area contributed by atoms with Crippen molar-refractivity contribution in [3.05, 3.63) is 57.8 Å². The molecule has 1 aromatic heterocycles. The summed E-state index contributed by atoms with van der Waals surface area (Å²) in [5, 5.41) is 21.6. The number of phenolic OH excluding ortho intramolecular Hbond substituents is 1. The van der Waals surface area contributed by atoms with Crippen LogP contribution in [0.25, 0.3) is 11.4 Å². The van der Waals surface area contributed by atoms with E-state index in [0.29, 0.717) is 28.0 Å². The summed E-state index contributed by atoms with van der Waals surface area (Å²) in [5.41, 5.74) is 1.46. The minimum Gasteiger partial charge on any atom is -0.504 e. The fourth-order valence-electron chi connectivity index (χ4n) is 2.22. The molecule has 3 rings (SSSR count). The normalized spacial score (nSPS) is 11.1. The van der Waals surface area contributed by atoms with Crippen LogP contribution in [0.5, 0.6) is 11.5 Å². The van der Waals surface area contributed by atoms with Gasteiger partial charge in [0.05, 0.1) is 17.8 Å². The summed E-state index contributed by atoms with van der Waals surface area (Å²) in [7, 11) is 0. The van der Waals surface area contributed by atoms with Crippen LogP contribution in [0.4, 0.5) is 0 Å². The Morgan fingerprint density at radius 3 is 2.92 bits per heavy atom. The maximum absolute atomic E-state index is 9.76. The van der Waals surface area contributed by atoms with Crippen molar-refractivity contribution in [3.63, 3.8) is 0 Å². The van der Waals surface area contributed by atoms with Crippen LogP contribution < -0.4 is 4.74 Å². The van der Waals surface area contributed by atoms with Crippen LogP contribution in [-0.4, -0.2) is 32.8 Å². The van der Waals surface area contributed by atoms with Crippen LogP contribution in [-0.2, 0) is 0 Å². The van der Waals surface area contributed by atoms with Crippen molar-refractivity contribution in [1.82, 2.24) is 14.9 Å². The molecular weight excluding hydrogens is 360 g/mol. The van der Waals surface area contributed by atoms with Crippen molar-refractivity contribution in [2.45, 2.75) is 6.92 Å². The van der Waals surface area contributed by atoms with E-state index in [-0.39, 0.29) is 5.75 Å². The second-order valence-electron chi connectivity index (χ2n) is 5.05. The largest absolute Gasteiger partial charge is 0.504 e. The van der Waals surface area contributed by atoms with Crippen LogP contribution >= 0.6 is 23.8 Å². The second kappa shape index (κ2) is 7.50. The Balaban J connectivity index is 1.98. The number of hydrogen-bond donors (Lipinski definition) is 2. The molecule has 25 heavy (non-hydrogen) atoms. The summed E-state index contributed by atoms with van der Waals surface area (Å²) >= 11 is 11.5. The van der Waals surface area contributed by atoms with E-state index in [1.165, 1.54) is 4.68 Å². The van der Waals surface area contributed by atoms with Gasteiger partial charge < -0.3 is 9.84 Å². The maximum Gasteiger partial charge on any atom is 0.216 e. The highest BCUT2D eigenvalue weighted by Crippen LogP contribution is 2.27. The Labute approximate surface area is 154 Å². The molecule has 8 heteroatoms. The molecule has 0 bridgehead atoms. The van der Waals surface area contributed by atoms with Gasteiger partial charge in [-0.05, 0) is 55.0 Å². The fraction of sp³-hybridized carbons (Fsp3) is 0.118. The molecule has 2 aromatic carbocycles. The summed E-state index contributed by atoms with van der Waals surface area (Å²) in [6.45, 7) is 2.30. The van der Waals surface area contributed by atoms with E-state index in [1.54, 1.807) is 30.5 Å². The number of aromatic nitrogens is 3. The number of H-pyrrole nitrogens is 1. The predicted molar refractivity (Wildman–Crippen MR) is 100 cm³/mol. The molecule has 0 aliphatic heterocycles. The molecule has 0 saturated carbocycles. The number of aromatic hydroxyl groups is 1. The lowest BCUT2D eigenvalue weighted by Crippen LogP contribution is -1.96. The summed E-state index contributed by atoms with van der Waals surface area (Å²) in [4.78, 5) is 0. The zero-order chi connectivity index (χ0) is 17.8. The third-order valence-electron chi connectivity index (χ3n) is 3.37. The first-order valence-corrected chi connectivity index (χ1v) is 8.31. The molecule has 0 spiro atoms. The SMILES string of the molecule is CCOc1cc(/C=N/n2c(-c3ccccc3Cl)n[nH]c2=S)ccc1O. The number of benzene rings is 2.